The van der Waals surface area contributed by atoms with Gasteiger partial charge in [0.25, 0.3) is 0 Å². The van der Waals surface area contributed by atoms with E-state index < -0.39 is 10.0 Å². The molecular formula is C15H24N2O3S. The fraction of sp³-hybridized carbons (Fsp3) is 0.600. The summed E-state index contributed by atoms with van der Waals surface area (Å²) in [5, 5.41) is 3.15. The summed E-state index contributed by atoms with van der Waals surface area (Å²) in [5.41, 5.74) is 0.926. The van der Waals surface area contributed by atoms with Crippen LogP contribution in [0.25, 0.3) is 0 Å². The lowest BCUT2D eigenvalue weighted by Crippen LogP contribution is -2.37. The molecule has 1 aromatic carbocycles. The van der Waals surface area contributed by atoms with Gasteiger partial charge >= 0.3 is 0 Å². The van der Waals surface area contributed by atoms with Crippen LogP contribution in [0.5, 0.6) is 0 Å². The number of likely N-dealkylation sites (N-methyl/N-ethyl adjacent to an activating group) is 1. The molecule has 1 N–H and O–H groups in total. The van der Waals surface area contributed by atoms with Crippen LogP contribution in [-0.2, 0) is 14.8 Å². The van der Waals surface area contributed by atoms with Gasteiger partial charge in [0.2, 0.25) is 10.0 Å². The fourth-order valence-corrected chi connectivity index (χ4v) is 3.67. The molecule has 5 nitrogen and oxygen atoms in total. The number of rotatable bonds is 6. The average Bonchev–Trinajstić information content (AvgIpc) is 2.49. The van der Waals surface area contributed by atoms with E-state index in [1.54, 1.807) is 31.3 Å². The van der Waals surface area contributed by atoms with E-state index in [9.17, 15) is 8.42 Å². The Bertz CT molecular complexity index is 537. The highest BCUT2D eigenvalue weighted by Crippen LogP contribution is 2.20. The van der Waals surface area contributed by atoms with Crippen molar-refractivity contribution in [3.63, 3.8) is 0 Å². The lowest BCUT2D eigenvalue weighted by molar-refractivity contribution is 0.00858. The van der Waals surface area contributed by atoms with Gasteiger partial charge in [-0.25, -0.2) is 8.42 Å². The van der Waals surface area contributed by atoms with Crippen LogP contribution in [0.1, 0.15) is 26.2 Å². The monoisotopic (exact) mass is 312 g/mol. The van der Waals surface area contributed by atoms with Crippen molar-refractivity contribution < 1.29 is 13.2 Å². The molecule has 2 rings (SSSR count). The SMILES string of the molecule is CCNc1ccc(S(=O)(=O)N(C)CC2CCCCO2)cc1. The lowest BCUT2D eigenvalue weighted by Gasteiger charge is -2.27. The quantitative estimate of drug-likeness (QED) is 0.876. The predicted octanol–water partition coefficient (Wildman–Crippen LogP) is 2.31. The van der Waals surface area contributed by atoms with Crippen LogP contribution in [0.2, 0.25) is 0 Å². The predicted molar refractivity (Wildman–Crippen MR) is 84.0 cm³/mol. The summed E-state index contributed by atoms with van der Waals surface area (Å²) < 4.78 is 32.1. The third kappa shape index (κ3) is 4.18. The van der Waals surface area contributed by atoms with Gasteiger partial charge in [-0.3, -0.25) is 0 Å². The van der Waals surface area contributed by atoms with Gasteiger partial charge in [0.15, 0.2) is 0 Å². The maximum absolute atomic E-state index is 12.5. The maximum Gasteiger partial charge on any atom is 0.242 e. The zero-order valence-corrected chi connectivity index (χ0v) is 13.5. The second-order valence-electron chi connectivity index (χ2n) is 5.33. The number of ether oxygens (including phenoxy) is 1. The number of nitrogens with zero attached hydrogens (tertiary/aromatic N) is 1. The van der Waals surface area contributed by atoms with Crippen molar-refractivity contribution in [2.24, 2.45) is 0 Å². The summed E-state index contributed by atoms with van der Waals surface area (Å²) in [6.07, 6.45) is 3.12. The molecule has 118 valence electrons. The number of benzene rings is 1. The first-order chi connectivity index (χ1) is 10.0. The van der Waals surface area contributed by atoms with Crippen molar-refractivity contribution in [2.45, 2.75) is 37.2 Å². The summed E-state index contributed by atoms with van der Waals surface area (Å²) in [6.45, 7) is 3.96. The molecule has 0 saturated carbocycles. The van der Waals surface area contributed by atoms with E-state index in [2.05, 4.69) is 5.32 Å². The minimum Gasteiger partial charge on any atom is -0.385 e. The first-order valence-electron chi connectivity index (χ1n) is 7.46. The maximum atomic E-state index is 12.5. The van der Waals surface area contributed by atoms with Gasteiger partial charge in [0.1, 0.15) is 0 Å². The first-order valence-corrected chi connectivity index (χ1v) is 8.90. The van der Waals surface area contributed by atoms with Crippen molar-refractivity contribution in [3.05, 3.63) is 24.3 Å². The van der Waals surface area contributed by atoms with E-state index in [1.165, 1.54) is 4.31 Å². The molecule has 0 bridgehead atoms. The molecular weight excluding hydrogens is 288 g/mol. The van der Waals surface area contributed by atoms with E-state index in [1.807, 2.05) is 6.92 Å². The molecule has 21 heavy (non-hydrogen) atoms. The lowest BCUT2D eigenvalue weighted by atomic mass is 10.1. The number of sulfonamides is 1. The van der Waals surface area contributed by atoms with Gasteiger partial charge in [0, 0.05) is 32.4 Å². The molecule has 6 heteroatoms. The number of anilines is 1. The van der Waals surface area contributed by atoms with Crippen molar-refractivity contribution in [1.82, 2.24) is 4.31 Å². The first kappa shape index (κ1) is 16.3. The summed E-state index contributed by atoms with van der Waals surface area (Å²) in [4.78, 5) is 0.322. The van der Waals surface area contributed by atoms with E-state index in [0.717, 1.165) is 38.1 Å². The molecule has 0 aliphatic carbocycles. The molecule has 1 fully saturated rings. The molecule has 1 aromatic rings. The van der Waals surface area contributed by atoms with Crippen LogP contribution in [0.15, 0.2) is 29.2 Å². The minimum atomic E-state index is -3.44. The molecule has 1 aliphatic rings. The van der Waals surface area contributed by atoms with Crippen molar-refractivity contribution in [3.8, 4) is 0 Å². The van der Waals surface area contributed by atoms with Gasteiger partial charge < -0.3 is 10.1 Å². The Morgan fingerprint density at radius 3 is 2.57 bits per heavy atom. The molecule has 0 amide bonds. The summed E-state index contributed by atoms with van der Waals surface area (Å²) in [6, 6.07) is 6.87. The van der Waals surface area contributed by atoms with Crippen molar-refractivity contribution >= 4 is 15.7 Å². The zero-order valence-electron chi connectivity index (χ0n) is 12.7. The normalized spacial score (nSPS) is 19.7. The molecule has 1 unspecified atom stereocenters. The van der Waals surface area contributed by atoms with E-state index >= 15 is 0 Å². The van der Waals surface area contributed by atoms with Gasteiger partial charge in [-0.2, -0.15) is 4.31 Å². The molecule has 0 radical (unpaired) electrons. The Kier molecular flexibility index (Phi) is 5.61. The number of hydrogen-bond acceptors (Lipinski definition) is 4. The van der Waals surface area contributed by atoms with Crippen LogP contribution in [-0.4, -0.2) is 45.6 Å². The van der Waals surface area contributed by atoms with Gasteiger partial charge in [0.05, 0.1) is 11.0 Å². The highest BCUT2D eigenvalue weighted by Gasteiger charge is 2.25. The Balaban J connectivity index is 2.05. The van der Waals surface area contributed by atoms with Crippen LogP contribution in [0.4, 0.5) is 5.69 Å². The Morgan fingerprint density at radius 2 is 2.00 bits per heavy atom. The molecule has 1 atom stereocenters. The third-order valence-electron chi connectivity index (χ3n) is 3.68. The number of nitrogens with one attached hydrogen (secondary N) is 1. The topological polar surface area (TPSA) is 58.6 Å². The largest absolute Gasteiger partial charge is 0.385 e. The van der Waals surface area contributed by atoms with Crippen LogP contribution in [0, 0.1) is 0 Å². The van der Waals surface area contributed by atoms with Gasteiger partial charge in [-0.05, 0) is 50.5 Å². The Hall–Kier alpha value is -1.11. The van der Waals surface area contributed by atoms with Crippen LogP contribution >= 0.6 is 0 Å². The van der Waals surface area contributed by atoms with E-state index in [0.29, 0.717) is 11.4 Å². The third-order valence-corrected chi connectivity index (χ3v) is 5.52. The smallest absolute Gasteiger partial charge is 0.242 e. The molecule has 1 heterocycles. The number of hydrogen-bond donors (Lipinski definition) is 1. The van der Waals surface area contributed by atoms with Crippen LogP contribution in [0.3, 0.4) is 0 Å². The van der Waals surface area contributed by atoms with Crippen LogP contribution < -0.4 is 5.32 Å². The van der Waals surface area contributed by atoms with E-state index in [-0.39, 0.29) is 6.10 Å². The standard InChI is InChI=1S/C15H24N2O3S/c1-3-16-13-7-9-15(10-8-13)21(18,19)17(2)12-14-6-4-5-11-20-14/h7-10,14,16H,3-6,11-12H2,1-2H3. The Morgan fingerprint density at radius 1 is 1.29 bits per heavy atom. The highest BCUT2D eigenvalue weighted by molar-refractivity contribution is 7.89. The van der Waals surface area contributed by atoms with Gasteiger partial charge in [-0.1, -0.05) is 0 Å². The average molecular weight is 312 g/mol. The fourth-order valence-electron chi connectivity index (χ4n) is 2.47. The minimum absolute atomic E-state index is 0.0135. The molecule has 0 aromatic heterocycles. The highest BCUT2D eigenvalue weighted by atomic mass is 32.2. The molecule has 0 spiro atoms. The molecule has 1 aliphatic heterocycles. The second kappa shape index (κ2) is 7.24. The zero-order chi connectivity index (χ0) is 15.3. The summed E-state index contributed by atoms with van der Waals surface area (Å²) >= 11 is 0. The van der Waals surface area contributed by atoms with E-state index in [4.69, 9.17) is 4.74 Å². The van der Waals surface area contributed by atoms with Gasteiger partial charge in [-0.15, -0.1) is 0 Å². The summed E-state index contributed by atoms with van der Waals surface area (Å²) in [7, 11) is -1.83. The van der Waals surface area contributed by atoms with Crippen molar-refractivity contribution in [2.75, 3.05) is 32.1 Å². The Labute approximate surface area is 127 Å². The molecule has 1 saturated heterocycles. The van der Waals surface area contributed by atoms with Crippen molar-refractivity contribution in [1.29, 1.82) is 0 Å². The summed E-state index contributed by atoms with van der Waals surface area (Å²) in [5.74, 6) is 0. The second-order valence-corrected chi connectivity index (χ2v) is 7.37.